The predicted molar refractivity (Wildman–Crippen MR) is 102 cm³/mol. The lowest BCUT2D eigenvalue weighted by Gasteiger charge is -2.19. The molecule has 0 saturated heterocycles. The van der Waals surface area contributed by atoms with Crippen LogP contribution in [0, 0.1) is 12.8 Å². The third-order valence-corrected chi connectivity index (χ3v) is 4.90. The number of hydrogen-bond donors (Lipinski definition) is 2. The summed E-state index contributed by atoms with van der Waals surface area (Å²) in [6.45, 7) is 6.82. The maximum absolute atomic E-state index is 12.3. The first kappa shape index (κ1) is 19.2. The number of ether oxygens (including phenoxy) is 1. The van der Waals surface area contributed by atoms with E-state index >= 15 is 0 Å². The summed E-state index contributed by atoms with van der Waals surface area (Å²) in [7, 11) is 1.66. The zero-order chi connectivity index (χ0) is 18.2. The van der Waals surface area contributed by atoms with Gasteiger partial charge < -0.3 is 15.4 Å². The Hall–Kier alpha value is -2.08. The molecule has 1 unspecified atom stereocenters. The number of aromatic nitrogens is 1. The normalized spacial score (nSPS) is 12.0. The van der Waals surface area contributed by atoms with E-state index < -0.39 is 0 Å². The monoisotopic (exact) mass is 361 g/mol. The summed E-state index contributed by atoms with van der Waals surface area (Å²) in [6.07, 6.45) is 1.59. The SMILES string of the molecule is COc1ccccc1CCNC(=O)NC(CC(C)C)c1nc(C)cs1. The van der Waals surface area contributed by atoms with Crippen LogP contribution in [0.25, 0.3) is 0 Å². The van der Waals surface area contributed by atoms with Gasteiger partial charge in [0.1, 0.15) is 10.8 Å². The van der Waals surface area contributed by atoms with E-state index in [4.69, 9.17) is 4.74 Å². The van der Waals surface area contributed by atoms with E-state index in [1.807, 2.05) is 36.6 Å². The van der Waals surface area contributed by atoms with Gasteiger partial charge in [-0.2, -0.15) is 0 Å². The number of rotatable bonds is 8. The van der Waals surface area contributed by atoms with Gasteiger partial charge in [-0.05, 0) is 37.3 Å². The molecule has 6 heteroatoms. The number of nitrogens with zero attached hydrogens (tertiary/aromatic N) is 1. The minimum atomic E-state index is -0.159. The van der Waals surface area contributed by atoms with E-state index in [1.54, 1.807) is 18.4 Å². The van der Waals surface area contributed by atoms with Gasteiger partial charge in [0, 0.05) is 17.6 Å². The average Bonchev–Trinajstić information content (AvgIpc) is 3.01. The van der Waals surface area contributed by atoms with E-state index in [0.717, 1.165) is 34.9 Å². The molecule has 2 rings (SSSR count). The summed E-state index contributed by atoms with van der Waals surface area (Å²) in [5, 5.41) is 8.98. The molecule has 2 aromatic rings. The van der Waals surface area contributed by atoms with Crippen LogP contribution in [0.15, 0.2) is 29.6 Å². The first-order valence-electron chi connectivity index (χ1n) is 8.58. The molecule has 25 heavy (non-hydrogen) atoms. The Morgan fingerprint density at radius 3 is 2.72 bits per heavy atom. The minimum absolute atomic E-state index is 0.0510. The van der Waals surface area contributed by atoms with Gasteiger partial charge in [0.25, 0.3) is 0 Å². The fourth-order valence-electron chi connectivity index (χ4n) is 2.65. The Morgan fingerprint density at radius 1 is 1.32 bits per heavy atom. The molecule has 0 aliphatic heterocycles. The second-order valence-corrected chi connectivity index (χ2v) is 7.36. The number of benzene rings is 1. The van der Waals surface area contributed by atoms with Crippen molar-refractivity contribution in [2.45, 2.75) is 39.7 Å². The number of amides is 2. The van der Waals surface area contributed by atoms with Gasteiger partial charge in [0.05, 0.1) is 13.2 Å². The van der Waals surface area contributed by atoms with Crippen LogP contribution in [0.4, 0.5) is 4.79 Å². The molecule has 0 spiro atoms. The van der Waals surface area contributed by atoms with E-state index in [0.29, 0.717) is 12.5 Å². The van der Waals surface area contributed by atoms with Crippen molar-refractivity contribution in [3.8, 4) is 5.75 Å². The van der Waals surface area contributed by atoms with Gasteiger partial charge in [-0.1, -0.05) is 32.0 Å². The maximum atomic E-state index is 12.3. The molecule has 2 amide bonds. The molecule has 1 aromatic heterocycles. The van der Waals surface area contributed by atoms with Crippen molar-refractivity contribution in [2.24, 2.45) is 5.92 Å². The van der Waals surface area contributed by atoms with Crippen molar-refractivity contribution >= 4 is 17.4 Å². The highest BCUT2D eigenvalue weighted by molar-refractivity contribution is 7.09. The van der Waals surface area contributed by atoms with E-state index in [-0.39, 0.29) is 12.1 Å². The number of methoxy groups -OCH3 is 1. The van der Waals surface area contributed by atoms with Gasteiger partial charge in [-0.15, -0.1) is 11.3 Å². The highest BCUT2D eigenvalue weighted by Gasteiger charge is 2.19. The lowest BCUT2D eigenvalue weighted by molar-refractivity contribution is 0.235. The maximum Gasteiger partial charge on any atom is 0.315 e. The zero-order valence-electron chi connectivity index (χ0n) is 15.3. The van der Waals surface area contributed by atoms with Crippen LogP contribution in [0.3, 0.4) is 0 Å². The number of thiazole rings is 1. The Morgan fingerprint density at radius 2 is 2.08 bits per heavy atom. The molecule has 1 atom stereocenters. The Labute approximate surface area is 153 Å². The third kappa shape index (κ3) is 6.05. The summed E-state index contributed by atoms with van der Waals surface area (Å²) in [6, 6.07) is 7.64. The molecule has 136 valence electrons. The smallest absolute Gasteiger partial charge is 0.315 e. The average molecular weight is 362 g/mol. The van der Waals surface area contributed by atoms with Gasteiger partial charge in [0.15, 0.2) is 0 Å². The van der Waals surface area contributed by atoms with Crippen LogP contribution >= 0.6 is 11.3 Å². The van der Waals surface area contributed by atoms with E-state index in [1.165, 1.54) is 0 Å². The van der Waals surface area contributed by atoms with Crippen molar-refractivity contribution in [3.63, 3.8) is 0 Å². The van der Waals surface area contributed by atoms with Gasteiger partial charge in [-0.25, -0.2) is 9.78 Å². The van der Waals surface area contributed by atoms with Gasteiger partial charge in [0.2, 0.25) is 0 Å². The molecule has 0 saturated carbocycles. The lowest BCUT2D eigenvalue weighted by atomic mass is 10.0. The largest absolute Gasteiger partial charge is 0.496 e. The molecule has 0 aliphatic rings. The van der Waals surface area contributed by atoms with Crippen molar-refractivity contribution in [1.82, 2.24) is 15.6 Å². The molecule has 1 heterocycles. The molecule has 2 N–H and O–H groups in total. The number of hydrogen-bond acceptors (Lipinski definition) is 4. The van der Waals surface area contributed by atoms with Crippen molar-refractivity contribution < 1.29 is 9.53 Å². The van der Waals surface area contributed by atoms with Crippen LogP contribution < -0.4 is 15.4 Å². The fourth-order valence-corrected chi connectivity index (χ4v) is 3.51. The van der Waals surface area contributed by atoms with Crippen LogP contribution in [0.2, 0.25) is 0 Å². The van der Waals surface area contributed by atoms with Crippen LogP contribution in [-0.2, 0) is 6.42 Å². The second kappa shape index (κ2) is 9.42. The summed E-state index contributed by atoms with van der Waals surface area (Å²) in [4.78, 5) is 16.8. The number of nitrogens with one attached hydrogen (secondary N) is 2. The Kier molecular flexibility index (Phi) is 7.25. The van der Waals surface area contributed by atoms with E-state index in [9.17, 15) is 4.79 Å². The van der Waals surface area contributed by atoms with Crippen molar-refractivity contribution in [2.75, 3.05) is 13.7 Å². The topological polar surface area (TPSA) is 63.2 Å². The number of urea groups is 1. The van der Waals surface area contributed by atoms with Crippen LogP contribution in [0.5, 0.6) is 5.75 Å². The molecule has 1 aromatic carbocycles. The van der Waals surface area contributed by atoms with Gasteiger partial charge >= 0.3 is 6.03 Å². The standard InChI is InChI=1S/C19H27N3O2S/c1-13(2)11-16(18-21-14(3)12-25-18)22-19(23)20-10-9-15-7-5-6-8-17(15)24-4/h5-8,12-13,16H,9-11H2,1-4H3,(H2,20,22,23). The molecule has 0 bridgehead atoms. The first-order valence-corrected chi connectivity index (χ1v) is 9.45. The Bertz CT molecular complexity index is 685. The summed E-state index contributed by atoms with van der Waals surface area (Å²) in [5.74, 6) is 1.32. The van der Waals surface area contributed by atoms with E-state index in [2.05, 4.69) is 29.5 Å². The predicted octanol–water partition coefficient (Wildman–Crippen LogP) is 4.09. The molecule has 0 fully saturated rings. The number of para-hydroxylation sites is 1. The quantitative estimate of drug-likeness (QED) is 0.744. The van der Waals surface area contributed by atoms with Gasteiger partial charge in [-0.3, -0.25) is 0 Å². The fraction of sp³-hybridized carbons (Fsp3) is 0.474. The molecule has 0 radical (unpaired) electrons. The third-order valence-electron chi connectivity index (χ3n) is 3.82. The number of carbonyl (C=O) groups is 1. The second-order valence-electron chi connectivity index (χ2n) is 6.47. The van der Waals surface area contributed by atoms with Crippen molar-refractivity contribution in [3.05, 3.63) is 45.9 Å². The molecular weight excluding hydrogens is 334 g/mol. The lowest BCUT2D eigenvalue weighted by Crippen LogP contribution is -2.39. The first-order chi connectivity index (χ1) is 12.0. The summed E-state index contributed by atoms with van der Waals surface area (Å²) >= 11 is 1.60. The molecule has 5 nitrogen and oxygen atoms in total. The highest BCUT2D eigenvalue weighted by atomic mass is 32.1. The number of carbonyl (C=O) groups excluding carboxylic acids is 1. The molecular formula is C19H27N3O2S. The Balaban J connectivity index is 1.88. The summed E-state index contributed by atoms with van der Waals surface area (Å²) in [5.41, 5.74) is 2.08. The van der Waals surface area contributed by atoms with Crippen LogP contribution in [-0.4, -0.2) is 24.7 Å². The summed E-state index contributed by atoms with van der Waals surface area (Å²) < 4.78 is 5.34. The number of aryl methyl sites for hydroxylation is 1. The minimum Gasteiger partial charge on any atom is -0.496 e. The van der Waals surface area contributed by atoms with Crippen LogP contribution in [0.1, 0.15) is 42.6 Å². The highest BCUT2D eigenvalue weighted by Crippen LogP contribution is 2.24. The zero-order valence-corrected chi connectivity index (χ0v) is 16.2. The van der Waals surface area contributed by atoms with Crippen molar-refractivity contribution in [1.29, 1.82) is 0 Å². The molecule has 0 aliphatic carbocycles.